The van der Waals surface area contributed by atoms with Crippen molar-refractivity contribution in [2.45, 2.75) is 25.8 Å². The van der Waals surface area contributed by atoms with Crippen LogP contribution in [0.3, 0.4) is 0 Å². The van der Waals surface area contributed by atoms with Crippen LogP contribution in [0, 0.1) is 6.92 Å². The number of imidazole rings is 1. The highest BCUT2D eigenvalue weighted by Crippen LogP contribution is 2.37. The molecule has 1 N–H and O–H groups in total. The molecule has 0 spiro atoms. The average molecular weight is 371 g/mol. The fraction of sp³-hybridized carbons (Fsp3) is 0.294. The van der Waals surface area contributed by atoms with E-state index >= 15 is 0 Å². The maximum Gasteiger partial charge on any atom is 0.319 e. The highest BCUT2D eigenvalue weighted by molar-refractivity contribution is 5.56. The summed E-state index contributed by atoms with van der Waals surface area (Å²) in [5.41, 5.74) is 4.54. The van der Waals surface area contributed by atoms with E-state index in [0.29, 0.717) is 13.0 Å². The number of hydrogen-bond donors (Lipinski definition) is 1. The number of fused-ring (bicyclic) bond motifs is 2. The van der Waals surface area contributed by atoms with Crippen LogP contribution < -0.4 is 4.90 Å². The predicted molar refractivity (Wildman–Crippen MR) is 90.7 cm³/mol. The normalized spacial score (nSPS) is 17.0. The Hall–Kier alpha value is -3.30. The van der Waals surface area contributed by atoms with Gasteiger partial charge in [-0.25, -0.2) is 9.50 Å². The number of halogens is 2. The molecule has 0 aromatic carbocycles. The lowest BCUT2D eigenvalue weighted by Crippen LogP contribution is -2.36. The number of nitrogens with one attached hydrogen (secondary N) is 1. The van der Waals surface area contributed by atoms with Gasteiger partial charge < -0.3 is 14.3 Å². The number of anilines is 1. The van der Waals surface area contributed by atoms with Gasteiger partial charge in [0, 0.05) is 24.9 Å². The van der Waals surface area contributed by atoms with Crippen molar-refractivity contribution in [2.24, 2.45) is 0 Å². The van der Waals surface area contributed by atoms with Crippen molar-refractivity contribution in [3.8, 4) is 0 Å². The van der Waals surface area contributed by atoms with E-state index in [1.807, 2.05) is 31.3 Å². The number of rotatable bonds is 3. The van der Waals surface area contributed by atoms with E-state index in [0.717, 1.165) is 28.2 Å². The monoisotopic (exact) mass is 371 g/mol. The molecule has 4 aromatic rings. The minimum Gasteiger partial charge on any atom is -0.402 e. The quantitative estimate of drug-likeness (QED) is 0.596. The second kappa shape index (κ2) is 5.86. The number of nitrogens with zero attached hydrogens (tertiary/aromatic N) is 6. The van der Waals surface area contributed by atoms with Crippen molar-refractivity contribution in [1.29, 1.82) is 0 Å². The molecule has 0 fully saturated rings. The van der Waals surface area contributed by atoms with E-state index in [1.54, 1.807) is 15.7 Å². The SMILES string of the molecule is Cc1cccn2nc(C3c4nc[nH]c4CCN3c3nnc(C(F)F)o3)cc12. The molecule has 1 unspecified atom stereocenters. The van der Waals surface area contributed by atoms with Crippen molar-refractivity contribution >= 4 is 11.5 Å². The Morgan fingerprint density at radius 3 is 3.00 bits per heavy atom. The first kappa shape index (κ1) is 15.9. The largest absolute Gasteiger partial charge is 0.402 e. The first-order valence-electron chi connectivity index (χ1n) is 8.47. The molecule has 4 aromatic heterocycles. The molecule has 0 radical (unpaired) electrons. The van der Waals surface area contributed by atoms with Gasteiger partial charge in [0.25, 0.3) is 5.89 Å². The van der Waals surface area contributed by atoms with Crippen LogP contribution in [-0.4, -0.2) is 36.3 Å². The van der Waals surface area contributed by atoms with E-state index in [9.17, 15) is 8.78 Å². The number of aryl methyl sites for hydroxylation is 1. The second-order valence-corrected chi connectivity index (χ2v) is 6.43. The zero-order chi connectivity index (χ0) is 18.5. The number of aromatic amines is 1. The molecule has 0 saturated heterocycles. The molecule has 5 heterocycles. The van der Waals surface area contributed by atoms with Gasteiger partial charge in [0.15, 0.2) is 0 Å². The zero-order valence-corrected chi connectivity index (χ0v) is 14.3. The van der Waals surface area contributed by atoms with Gasteiger partial charge in [-0.05, 0) is 24.6 Å². The van der Waals surface area contributed by atoms with Crippen LogP contribution >= 0.6 is 0 Å². The van der Waals surface area contributed by atoms with Crippen LogP contribution in [0.1, 0.15) is 41.0 Å². The van der Waals surface area contributed by atoms with Crippen molar-refractivity contribution in [3.63, 3.8) is 0 Å². The lowest BCUT2D eigenvalue weighted by atomic mass is 10.00. The Kier molecular flexibility index (Phi) is 3.46. The molecule has 8 nitrogen and oxygen atoms in total. The molecule has 1 atom stereocenters. The van der Waals surface area contributed by atoms with Crippen molar-refractivity contribution < 1.29 is 13.2 Å². The highest BCUT2D eigenvalue weighted by Gasteiger charge is 2.36. The standard InChI is InChI=1S/C17H15F2N7O/c1-9-3-2-5-26-12(9)7-11(24-26)14-13-10(20-8-21-13)4-6-25(14)17-23-22-16(27-17)15(18)19/h2-3,5,7-8,14-15H,4,6H2,1H3,(H,20,21). The van der Waals surface area contributed by atoms with E-state index in [4.69, 9.17) is 4.42 Å². The van der Waals surface area contributed by atoms with Crippen LogP contribution in [0.2, 0.25) is 0 Å². The van der Waals surface area contributed by atoms with Crippen LogP contribution in [-0.2, 0) is 6.42 Å². The maximum absolute atomic E-state index is 12.9. The Morgan fingerprint density at radius 2 is 2.22 bits per heavy atom. The van der Waals surface area contributed by atoms with Crippen molar-refractivity contribution in [1.82, 2.24) is 29.8 Å². The molecule has 0 saturated carbocycles. The van der Waals surface area contributed by atoms with Crippen molar-refractivity contribution in [2.75, 3.05) is 11.4 Å². The van der Waals surface area contributed by atoms with Crippen LogP contribution in [0.25, 0.3) is 5.52 Å². The lowest BCUT2D eigenvalue weighted by Gasteiger charge is -2.32. The number of pyridine rings is 1. The van der Waals surface area contributed by atoms with Gasteiger partial charge in [0.2, 0.25) is 0 Å². The summed E-state index contributed by atoms with van der Waals surface area (Å²) in [7, 11) is 0. The second-order valence-electron chi connectivity index (χ2n) is 6.43. The first-order chi connectivity index (χ1) is 13.1. The Labute approximate surface area is 151 Å². The highest BCUT2D eigenvalue weighted by atomic mass is 19.3. The predicted octanol–water partition coefficient (Wildman–Crippen LogP) is 2.84. The zero-order valence-electron chi connectivity index (χ0n) is 14.3. The summed E-state index contributed by atoms with van der Waals surface area (Å²) in [5, 5.41) is 12.0. The van der Waals surface area contributed by atoms with E-state index in [1.165, 1.54) is 0 Å². The maximum atomic E-state index is 12.9. The third-order valence-electron chi connectivity index (χ3n) is 4.80. The summed E-state index contributed by atoms with van der Waals surface area (Å²) in [6.07, 6.45) is 1.34. The Bertz CT molecular complexity index is 1120. The summed E-state index contributed by atoms with van der Waals surface area (Å²) in [6, 6.07) is 5.53. The van der Waals surface area contributed by atoms with Gasteiger partial charge in [-0.2, -0.15) is 13.9 Å². The molecule has 0 bridgehead atoms. The smallest absolute Gasteiger partial charge is 0.319 e. The average Bonchev–Trinajstić information content (AvgIpc) is 3.39. The van der Waals surface area contributed by atoms with Gasteiger partial charge in [-0.1, -0.05) is 11.2 Å². The topological polar surface area (TPSA) is 88.1 Å². The molecule has 10 heteroatoms. The van der Waals surface area contributed by atoms with Gasteiger partial charge in [-0.15, -0.1) is 5.10 Å². The van der Waals surface area contributed by atoms with Gasteiger partial charge in [0.1, 0.15) is 6.04 Å². The molecule has 1 aliphatic rings. The molecular formula is C17H15F2N7O. The summed E-state index contributed by atoms with van der Waals surface area (Å²) in [5.74, 6) is -0.692. The fourth-order valence-electron chi connectivity index (χ4n) is 3.52. The summed E-state index contributed by atoms with van der Waals surface area (Å²) in [6.45, 7) is 2.52. The number of alkyl halides is 2. The molecule has 138 valence electrons. The summed E-state index contributed by atoms with van der Waals surface area (Å²) in [4.78, 5) is 9.36. The molecule has 1 aliphatic heterocycles. The van der Waals surface area contributed by atoms with E-state index < -0.39 is 18.4 Å². The van der Waals surface area contributed by atoms with Crippen LogP contribution in [0.15, 0.2) is 35.1 Å². The first-order valence-corrected chi connectivity index (χ1v) is 8.47. The minimum absolute atomic E-state index is 0.0396. The van der Waals surface area contributed by atoms with Gasteiger partial charge in [0.05, 0.1) is 23.2 Å². The van der Waals surface area contributed by atoms with E-state index in [-0.39, 0.29) is 6.01 Å². The molecule has 0 aliphatic carbocycles. The van der Waals surface area contributed by atoms with Gasteiger partial charge >= 0.3 is 12.4 Å². The van der Waals surface area contributed by atoms with Crippen LogP contribution in [0.4, 0.5) is 14.8 Å². The lowest BCUT2D eigenvalue weighted by molar-refractivity contribution is 0.115. The molecule has 5 rings (SSSR count). The summed E-state index contributed by atoms with van der Waals surface area (Å²) < 4.78 is 32.8. The molecule has 27 heavy (non-hydrogen) atoms. The molecular weight excluding hydrogens is 356 g/mol. The number of H-pyrrole nitrogens is 1. The van der Waals surface area contributed by atoms with Crippen LogP contribution in [0.5, 0.6) is 0 Å². The summed E-state index contributed by atoms with van der Waals surface area (Å²) >= 11 is 0. The third kappa shape index (κ3) is 2.47. The minimum atomic E-state index is -2.81. The fourth-order valence-corrected chi connectivity index (χ4v) is 3.52. The third-order valence-corrected chi connectivity index (χ3v) is 4.80. The van der Waals surface area contributed by atoms with E-state index in [2.05, 4.69) is 25.3 Å². The van der Waals surface area contributed by atoms with Crippen molar-refractivity contribution in [3.05, 3.63) is 59.3 Å². The van der Waals surface area contributed by atoms with Gasteiger partial charge in [-0.3, -0.25) is 0 Å². The number of aromatic nitrogens is 6. The Morgan fingerprint density at radius 1 is 1.33 bits per heavy atom. The molecule has 0 amide bonds. The Balaban J connectivity index is 1.65. The number of hydrogen-bond acceptors (Lipinski definition) is 6.